The molecule has 1 fully saturated rings. The maximum Gasteiger partial charge on any atom is 0.223 e. The molecule has 1 aliphatic rings. The Balaban J connectivity index is 2.31. The van der Waals surface area contributed by atoms with Crippen LogP contribution in [0.3, 0.4) is 0 Å². The Morgan fingerprint density at radius 3 is 2.57 bits per heavy atom. The molecular formula is C16H20NO4-. The highest BCUT2D eigenvalue weighted by molar-refractivity contribution is 5.86. The molecule has 21 heavy (non-hydrogen) atoms. The second kappa shape index (κ2) is 6.61. The van der Waals surface area contributed by atoms with Gasteiger partial charge < -0.3 is 19.5 Å². The molecule has 2 atom stereocenters. The van der Waals surface area contributed by atoms with Crippen molar-refractivity contribution in [3.8, 4) is 5.75 Å². The van der Waals surface area contributed by atoms with Gasteiger partial charge in [0.25, 0.3) is 0 Å². The number of rotatable bonds is 6. The Labute approximate surface area is 124 Å². The lowest BCUT2D eigenvalue weighted by molar-refractivity contribution is -0.312. The zero-order valence-electron chi connectivity index (χ0n) is 12.4. The predicted octanol–water partition coefficient (Wildman–Crippen LogP) is 1.13. The third-order valence-electron chi connectivity index (χ3n) is 3.94. The first kappa shape index (κ1) is 15.4. The summed E-state index contributed by atoms with van der Waals surface area (Å²) in [5, 5.41) is 11.4. The molecule has 2 rings (SSSR count). The molecule has 0 aromatic heterocycles. The quantitative estimate of drug-likeness (QED) is 0.787. The number of methoxy groups -OCH3 is 1. The van der Waals surface area contributed by atoms with Gasteiger partial charge in [-0.05, 0) is 24.1 Å². The van der Waals surface area contributed by atoms with E-state index in [4.69, 9.17) is 4.74 Å². The normalized spacial score (nSPS) is 21.6. The number of benzene rings is 1. The third kappa shape index (κ3) is 3.17. The van der Waals surface area contributed by atoms with Gasteiger partial charge in [-0.15, -0.1) is 0 Å². The maximum atomic E-state index is 12.1. The summed E-state index contributed by atoms with van der Waals surface area (Å²) in [6.45, 7) is 2.62. The molecule has 1 amide bonds. The van der Waals surface area contributed by atoms with Crippen LogP contribution in [-0.2, 0) is 9.59 Å². The minimum atomic E-state index is -1.16. The third-order valence-corrected chi connectivity index (χ3v) is 3.94. The number of hydrogen-bond donors (Lipinski definition) is 0. The van der Waals surface area contributed by atoms with Gasteiger partial charge in [-0.3, -0.25) is 4.79 Å². The number of aliphatic carboxylic acids is 1. The predicted molar refractivity (Wildman–Crippen MR) is 75.5 cm³/mol. The van der Waals surface area contributed by atoms with E-state index < -0.39 is 17.9 Å². The first-order valence-corrected chi connectivity index (χ1v) is 7.22. The van der Waals surface area contributed by atoms with Gasteiger partial charge in [0.15, 0.2) is 0 Å². The van der Waals surface area contributed by atoms with E-state index in [1.807, 2.05) is 19.1 Å². The van der Waals surface area contributed by atoms with Gasteiger partial charge in [0.2, 0.25) is 5.91 Å². The number of hydrogen-bond acceptors (Lipinski definition) is 4. The van der Waals surface area contributed by atoms with Crippen LogP contribution in [0.5, 0.6) is 5.75 Å². The summed E-state index contributed by atoms with van der Waals surface area (Å²) in [6, 6.07) is 6.75. The van der Waals surface area contributed by atoms with Crippen LogP contribution in [0.15, 0.2) is 24.3 Å². The van der Waals surface area contributed by atoms with Crippen molar-refractivity contribution in [3.63, 3.8) is 0 Å². The van der Waals surface area contributed by atoms with Crippen molar-refractivity contribution in [1.82, 2.24) is 4.90 Å². The topological polar surface area (TPSA) is 69.7 Å². The van der Waals surface area contributed by atoms with E-state index in [2.05, 4.69) is 0 Å². The standard InChI is InChI=1S/C16H21NO4/c1-3-4-9-17-14(18)10-13(16(19)20)15(17)11-5-7-12(21-2)8-6-11/h5-8,13,15H,3-4,9-10H2,1-2H3,(H,19,20)/p-1/t13-,15-/m1/s1. The van der Waals surface area contributed by atoms with Crippen LogP contribution in [0.4, 0.5) is 0 Å². The molecule has 114 valence electrons. The second-order valence-corrected chi connectivity index (χ2v) is 5.29. The van der Waals surface area contributed by atoms with Gasteiger partial charge in [0, 0.05) is 24.9 Å². The molecule has 0 unspecified atom stereocenters. The fourth-order valence-electron chi connectivity index (χ4n) is 2.81. The van der Waals surface area contributed by atoms with Crippen molar-refractivity contribution in [2.75, 3.05) is 13.7 Å². The van der Waals surface area contributed by atoms with Gasteiger partial charge in [-0.25, -0.2) is 0 Å². The number of nitrogens with zero attached hydrogens (tertiary/aromatic N) is 1. The Bertz CT molecular complexity index is 512. The highest BCUT2D eigenvalue weighted by Crippen LogP contribution is 2.38. The molecule has 5 nitrogen and oxygen atoms in total. The minimum absolute atomic E-state index is 0.0166. The molecule has 1 aromatic rings. The lowest BCUT2D eigenvalue weighted by Crippen LogP contribution is -2.36. The van der Waals surface area contributed by atoms with Crippen molar-refractivity contribution in [1.29, 1.82) is 0 Å². The zero-order valence-corrected chi connectivity index (χ0v) is 12.4. The molecule has 5 heteroatoms. The van der Waals surface area contributed by atoms with Crippen LogP contribution in [0.1, 0.15) is 37.8 Å². The van der Waals surface area contributed by atoms with E-state index in [1.54, 1.807) is 24.1 Å². The number of carboxylic acid groups (broad SMARTS) is 1. The van der Waals surface area contributed by atoms with Gasteiger partial charge in [0.1, 0.15) is 5.75 Å². The van der Waals surface area contributed by atoms with Crippen LogP contribution in [-0.4, -0.2) is 30.4 Å². The SMILES string of the molecule is CCCCN1C(=O)C[C@@H](C(=O)[O-])[C@H]1c1ccc(OC)cc1. The summed E-state index contributed by atoms with van der Waals surface area (Å²) in [7, 11) is 1.58. The smallest absolute Gasteiger partial charge is 0.223 e. The van der Waals surface area contributed by atoms with E-state index in [9.17, 15) is 14.7 Å². The summed E-state index contributed by atoms with van der Waals surface area (Å²) < 4.78 is 5.11. The van der Waals surface area contributed by atoms with Crippen molar-refractivity contribution < 1.29 is 19.4 Å². The van der Waals surface area contributed by atoms with Gasteiger partial charge in [0.05, 0.1) is 13.2 Å². The highest BCUT2D eigenvalue weighted by atomic mass is 16.5. The molecule has 0 radical (unpaired) electrons. The Morgan fingerprint density at radius 2 is 2.05 bits per heavy atom. The van der Waals surface area contributed by atoms with Crippen molar-refractivity contribution in [2.45, 2.75) is 32.2 Å². The largest absolute Gasteiger partial charge is 0.550 e. The minimum Gasteiger partial charge on any atom is -0.550 e. The molecule has 0 spiro atoms. The van der Waals surface area contributed by atoms with E-state index in [0.29, 0.717) is 12.3 Å². The fraction of sp³-hybridized carbons (Fsp3) is 0.500. The fourth-order valence-corrected chi connectivity index (χ4v) is 2.81. The van der Waals surface area contributed by atoms with Crippen molar-refractivity contribution in [3.05, 3.63) is 29.8 Å². The molecule has 0 N–H and O–H groups in total. The number of ether oxygens (including phenoxy) is 1. The summed E-state index contributed by atoms with van der Waals surface area (Å²) in [4.78, 5) is 25.1. The average molecular weight is 290 g/mol. The molecule has 1 aliphatic heterocycles. The van der Waals surface area contributed by atoms with Crippen molar-refractivity contribution >= 4 is 11.9 Å². The second-order valence-electron chi connectivity index (χ2n) is 5.29. The highest BCUT2D eigenvalue weighted by Gasteiger charge is 2.40. The Kier molecular flexibility index (Phi) is 4.83. The number of carbonyl (C=O) groups excluding carboxylic acids is 2. The van der Waals surface area contributed by atoms with Crippen molar-refractivity contribution in [2.24, 2.45) is 5.92 Å². The van der Waals surface area contributed by atoms with Crippen LogP contribution in [0.25, 0.3) is 0 Å². The van der Waals surface area contributed by atoms with E-state index in [1.165, 1.54) is 0 Å². The molecule has 1 saturated heterocycles. The summed E-state index contributed by atoms with van der Waals surface area (Å²) >= 11 is 0. The molecule has 0 saturated carbocycles. The number of amides is 1. The van der Waals surface area contributed by atoms with Crippen LogP contribution in [0.2, 0.25) is 0 Å². The number of carboxylic acids is 1. The lowest BCUT2D eigenvalue weighted by Gasteiger charge is -2.29. The van der Waals surface area contributed by atoms with E-state index in [0.717, 1.165) is 18.4 Å². The lowest BCUT2D eigenvalue weighted by atomic mass is 9.93. The number of carbonyl (C=O) groups is 2. The van der Waals surface area contributed by atoms with Crippen LogP contribution < -0.4 is 9.84 Å². The number of unbranched alkanes of at least 4 members (excludes halogenated alkanes) is 1. The maximum absolute atomic E-state index is 12.1. The Morgan fingerprint density at radius 1 is 1.38 bits per heavy atom. The van der Waals surface area contributed by atoms with E-state index >= 15 is 0 Å². The molecule has 0 bridgehead atoms. The van der Waals surface area contributed by atoms with Crippen LogP contribution >= 0.6 is 0 Å². The summed E-state index contributed by atoms with van der Waals surface area (Å²) in [6.07, 6.45) is 1.83. The first-order valence-electron chi connectivity index (χ1n) is 7.22. The Hall–Kier alpha value is -2.04. The molecule has 0 aliphatic carbocycles. The monoisotopic (exact) mass is 290 g/mol. The van der Waals surface area contributed by atoms with E-state index in [-0.39, 0.29) is 12.3 Å². The van der Waals surface area contributed by atoms with Gasteiger partial charge in [-0.1, -0.05) is 25.5 Å². The summed E-state index contributed by atoms with van der Waals surface area (Å²) in [5.74, 6) is -1.36. The average Bonchev–Trinajstić information content (AvgIpc) is 2.82. The first-order chi connectivity index (χ1) is 10.1. The molecular weight excluding hydrogens is 270 g/mol. The van der Waals surface area contributed by atoms with Crippen LogP contribution in [0, 0.1) is 5.92 Å². The van der Waals surface area contributed by atoms with Gasteiger partial charge >= 0.3 is 0 Å². The summed E-state index contributed by atoms with van der Waals surface area (Å²) in [5.41, 5.74) is 0.812. The number of likely N-dealkylation sites (tertiary alicyclic amines) is 1. The molecule has 1 heterocycles. The molecule has 1 aromatic carbocycles. The van der Waals surface area contributed by atoms with Gasteiger partial charge in [-0.2, -0.15) is 0 Å². The zero-order chi connectivity index (χ0) is 15.4.